The highest BCUT2D eigenvalue weighted by molar-refractivity contribution is 5.78. The maximum absolute atomic E-state index is 12.4. The van der Waals surface area contributed by atoms with E-state index in [1.54, 1.807) is 0 Å². The molecule has 22 heavy (non-hydrogen) atoms. The minimum Gasteiger partial charge on any atom is -0.476 e. The van der Waals surface area contributed by atoms with Crippen molar-refractivity contribution >= 4 is 5.91 Å². The summed E-state index contributed by atoms with van der Waals surface area (Å²) >= 11 is 0. The third kappa shape index (κ3) is 4.87. The molecular formula is C14H17F3N2O3. The lowest BCUT2D eigenvalue weighted by atomic mass is 10.0. The highest BCUT2D eigenvalue weighted by atomic mass is 19.4. The van der Waals surface area contributed by atoms with Gasteiger partial charge in [0.1, 0.15) is 6.61 Å². The average Bonchev–Trinajstić information content (AvgIpc) is 2.52. The molecule has 0 radical (unpaired) electrons. The number of halogens is 3. The first-order chi connectivity index (χ1) is 10.5. The monoisotopic (exact) mass is 318 g/mol. The SMILES string of the molecule is O=C(NCCOc1ccc(C(F)(F)F)cn1)C1CCCOC1. The summed E-state index contributed by atoms with van der Waals surface area (Å²) in [6, 6.07) is 2.06. The van der Waals surface area contributed by atoms with Gasteiger partial charge in [0, 0.05) is 18.9 Å². The molecule has 1 saturated heterocycles. The fraction of sp³-hybridized carbons (Fsp3) is 0.571. The molecule has 2 rings (SSSR count). The fourth-order valence-corrected chi connectivity index (χ4v) is 2.06. The first-order valence-corrected chi connectivity index (χ1v) is 6.98. The Morgan fingerprint density at radius 2 is 2.27 bits per heavy atom. The van der Waals surface area contributed by atoms with Crippen LogP contribution in [-0.4, -0.2) is 37.3 Å². The Balaban J connectivity index is 1.69. The van der Waals surface area contributed by atoms with E-state index in [1.807, 2.05) is 0 Å². The van der Waals surface area contributed by atoms with Gasteiger partial charge in [0.2, 0.25) is 11.8 Å². The summed E-state index contributed by atoms with van der Waals surface area (Å²) in [6.07, 6.45) is -2.04. The number of rotatable bonds is 5. The maximum atomic E-state index is 12.4. The number of hydrogen-bond donors (Lipinski definition) is 1. The zero-order valence-corrected chi connectivity index (χ0v) is 11.9. The highest BCUT2D eigenvalue weighted by Crippen LogP contribution is 2.29. The van der Waals surface area contributed by atoms with Crippen LogP contribution in [0.1, 0.15) is 18.4 Å². The van der Waals surface area contributed by atoms with Gasteiger partial charge in [-0.25, -0.2) is 4.98 Å². The van der Waals surface area contributed by atoms with Crippen molar-refractivity contribution in [2.45, 2.75) is 19.0 Å². The Kier molecular flexibility index (Phi) is 5.59. The lowest BCUT2D eigenvalue weighted by Gasteiger charge is -2.21. The van der Waals surface area contributed by atoms with Crippen LogP contribution in [0.3, 0.4) is 0 Å². The predicted octanol–water partition coefficient (Wildman–Crippen LogP) is 2.02. The zero-order chi connectivity index (χ0) is 16.0. The molecule has 2 heterocycles. The molecule has 1 N–H and O–H groups in total. The van der Waals surface area contributed by atoms with Crippen LogP contribution in [0.2, 0.25) is 0 Å². The number of amides is 1. The van der Waals surface area contributed by atoms with Crippen LogP contribution in [0.15, 0.2) is 18.3 Å². The molecule has 1 fully saturated rings. The van der Waals surface area contributed by atoms with Gasteiger partial charge in [-0.2, -0.15) is 13.2 Å². The van der Waals surface area contributed by atoms with Gasteiger partial charge in [-0.05, 0) is 18.9 Å². The van der Waals surface area contributed by atoms with E-state index in [4.69, 9.17) is 9.47 Å². The Hall–Kier alpha value is -1.83. The largest absolute Gasteiger partial charge is 0.476 e. The number of pyridine rings is 1. The lowest BCUT2D eigenvalue weighted by Crippen LogP contribution is -2.37. The lowest BCUT2D eigenvalue weighted by molar-refractivity contribution is -0.137. The van der Waals surface area contributed by atoms with E-state index in [9.17, 15) is 18.0 Å². The van der Waals surface area contributed by atoms with Gasteiger partial charge in [-0.3, -0.25) is 4.79 Å². The Bertz CT molecular complexity index is 485. The van der Waals surface area contributed by atoms with E-state index in [0.29, 0.717) is 19.4 Å². The molecule has 0 saturated carbocycles. The van der Waals surface area contributed by atoms with E-state index < -0.39 is 11.7 Å². The smallest absolute Gasteiger partial charge is 0.417 e. The number of aromatic nitrogens is 1. The number of nitrogens with zero attached hydrogens (tertiary/aromatic N) is 1. The van der Waals surface area contributed by atoms with E-state index in [0.717, 1.165) is 25.0 Å². The molecule has 5 nitrogen and oxygen atoms in total. The maximum Gasteiger partial charge on any atom is 0.417 e. The molecule has 1 amide bonds. The quantitative estimate of drug-likeness (QED) is 0.844. The third-order valence-corrected chi connectivity index (χ3v) is 3.25. The number of alkyl halides is 3. The van der Waals surface area contributed by atoms with E-state index >= 15 is 0 Å². The minimum atomic E-state index is -4.42. The second-order valence-electron chi connectivity index (χ2n) is 4.94. The van der Waals surface area contributed by atoms with Crippen LogP contribution >= 0.6 is 0 Å². The summed E-state index contributed by atoms with van der Waals surface area (Å²) in [7, 11) is 0. The molecule has 0 bridgehead atoms. The molecule has 1 unspecified atom stereocenters. The van der Waals surface area contributed by atoms with Crippen LogP contribution in [0.4, 0.5) is 13.2 Å². The van der Waals surface area contributed by atoms with Crippen LogP contribution in [0.25, 0.3) is 0 Å². The number of hydrogen-bond acceptors (Lipinski definition) is 4. The molecule has 1 aromatic rings. The molecule has 8 heteroatoms. The summed E-state index contributed by atoms with van der Waals surface area (Å²) in [5.74, 6) is -0.148. The van der Waals surface area contributed by atoms with E-state index in [1.165, 1.54) is 0 Å². The summed E-state index contributed by atoms with van der Waals surface area (Å²) < 4.78 is 47.5. The van der Waals surface area contributed by atoms with E-state index in [2.05, 4.69) is 10.3 Å². The molecule has 1 aromatic heterocycles. The van der Waals surface area contributed by atoms with Crippen molar-refractivity contribution in [2.24, 2.45) is 5.92 Å². The van der Waals surface area contributed by atoms with Crippen LogP contribution < -0.4 is 10.1 Å². The molecule has 1 aliphatic rings. The van der Waals surface area contributed by atoms with Crippen molar-refractivity contribution < 1.29 is 27.4 Å². The Morgan fingerprint density at radius 1 is 1.45 bits per heavy atom. The van der Waals surface area contributed by atoms with Gasteiger partial charge in [0.15, 0.2) is 0 Å². The van der Waals surface area contributed by atoms with Gasteiger partial charge in [-0.15, -0.1) is 0 Å². The summed E-state index contributed by atoms with van der Waals surface area (Å²) in [6.45, 7) is 1.51. The normalized spacial score (nSPS) is 18.8. The summed E-state index contributed by atoms with van der Waals surface area (Å²) in [4.78, 5) is 15.4. The third-order valence-electron chi connectivity index (χ3n) is 3.25. The van der Waals surface area contributed by atoms with E-state index in [-0.39, 0.29) is 30.9 Å². The van der Waals surface area contributed by atoms with Gasteiger partial charge in [-0.1, -0.05) is 0 Å². The predicted molar refractivity (Wildman–Crippen MR) is 71.3 cm³/mol. The van der Waals surface area contributed by atoms with Crippen molar-refractivity contribution in [2.75, 3.05) is 26.4 Å². The first kappa shape index (κ1) is 16.5. The molecule has 1 aliphatic heterocycles. The first-order valence-electron chi connectivity index (χ1n) is 6.98. The number of ether oxygens (including phenoxy) is 2. The van der Waals surface area contributed by atoms with Gasteiger partial charge >= 0.3 is 6.18 Å². The van der Waals surface area contributed by atoms with Crippen molar-refractivity contribution in [3.63, 3.8) is 0 Å². The zero-order valence-electron chi connectivity index (χ0n) is 11.9. The Morgan fingerprint density at radius 3 is 2.86 bits per heavy atom. The van der Waals surface area contributed by atoms with Gasteiger partial charge in [0.05, 0.1) is 24.6 Å². The second kappa shape index (κ2) is 7.44. The van der Waals surface area contributed by atoms with Crippen LogP contribution in [0, 0.1) is 5.92 Å². The summed E-state index contributed by atoms with van der Waals surface area (Å²) in [5.41, 5.74) is -0.828. The number of nitrogens with one attached hydrogen (secondary N) is 1. The summed E-state index contributed by atoms with van der Waals surface area (Å²) in [5, 5.41) is 2.71. The van der Waals surface area contributed by atoms with Gasteiger partial charge in [0.25, 0.3) is 0 Å². The highest BCUT2D eigenvalue weighted by Gasteiger charge is 2.30. The number of carbonyl (C=O) groups excluding carboxylic acids is 1. The molecule has 1 atom stereocenters. The van der Waals surface area contributed by atoms with Crippen molar-refractivity contribution in [1.82, 2.24) is 10.3 Å². The second-order valence-corrected chi connectivity index (χ2v) is 4.94. The standard InChI is InChI=1S/C14H17F3N2O3/c15-14(16,17)11-3-4-12(19-8-11)22-7-5-18-13(20)10-2-1-6-21-9-10/h3-4,8,10H,1-2,5-7,9H2,(H,18,20). The molecule has 0 aliphatic carbocycles. The molecule has 122 valence electrons. The molecular weight excluding hydrogens is 301 g/mol. The fourth-order valence-electron chi connectivity index (χ4n) is 2.06. The van der Waals surface area contributed by atoms with Crippen molar-refractivity contribution in [3.8, 4) is 5.88 Å². The number of carbonyl (C=O) groups is 1. The van der Waals surface area contributed by atoms with Crippen LogP contribution in [0.5, 0.6) is 5.88 Å². The Labute approximate surface area is 125 Å². The van der Waals surface area contributed by atoms with Gasteiger partial charge < -0.3 is 14.8 Å². The minimum absolute atomic E-state index is 0.0863. The average molecular weight is 318 g/mol. The van der Waals surface area contributed by atoms with Crippen molar-refractivity contribution in [1.29, 1.82) is 0 Å². The topological polar surface area (TPSA) is 60.5 Å². The van der Waals surface area contributed by atoms with Crippen molar-refractivity contribution in [3.05, 3.63) is 23.9 Å². The van der Waals surface area contributed by atoms with Crippen LogP contribution in [-0.2, 0) is 15.7 Å². The molecule has 0 aromatic carbocycles. The molecule has 0 spiro atoms.